The van der Waals surface area contributed by atoms with Gasteiger partial charge < -0.3 is 9.84 Å². The number of likely N-dealkylation sites (tertiary alicyclic amines) is 1. The van der Waals surface area contributed by atoms with Gasteiger partial charge in [-0.2, -0.15) is 0 Å². The molecule has 0 unspecified atom stereocenters. The van der Waals surface area contributed by atoms with E-state index >= 15 is 0 Å². The lowest BCUT2D eigenvalue weighted by Gasteiger charge is -2.30. The fourth-order valence-corrected chi connectivity index (χ4v) is 5.08. The van der Waals surface area contributed by atoms with Gasteiger partial charge in [0, 0.05) is 31.1 Å². The van der Waals surface area contributed by atoms with E-state index in [9.17, 15) is 4.79 Å². The number of carbonyl (C=O) groups is 1. The molecule has 1 aliphatic heterocycles. The predicted molar refractivity (Wildman–Crippen MR) is 105 cm³/mol. The zero-order chi connectivity index (χ0) is 18.7. The van der Waals surface area contributed by atoms with Crippen LogP contribution in [0.5, 0.6) is 5.75 Å². The molecule has 1 saturated carbocycles. The highest BCUT2D eigenvalue weighted by Crippen LogP contribution is 2.53. The van der Waals surface area contributed by atoms with Gasteiger partial charge in [-0.3, -0.25) is 4.90 Å². The molecule has 1 heterocycles. The van der Waals surface area contributed by atoms with Gasteiger partial charge in [0.1, 0.15) is 5.75 Å². The second kappa shape index (κ2) is 7.73. The largest absolute Gasteiger partial charge is 0.482 e. The Morgan fingerprint density at radius 2 is 1.78 bits per heavy atom. The van der Waals surface area contributed by atoms with Crippen molar-refractivity contribution >= 4 is 5.97 Å². The molecule has 4 rings (SSSR count). The number of carboxylic acid groups (broad SMARTS) is 1. The highest BCUT2D eigenvalue weighted by atomic mass is 16.5. The Bertz CT molecular complexity index is 783. The molecule has 0 radical (unpaired) electrons. The van der Waals surface area contributed by atoms with Gasteiger partial charge in [0.05, 0.1) is 0 Å². The highest BCUT2D eigenvalue weighted by Gasteiger charge is 2.48. The van der Waals surface area contributed by atoms with Crippen molar-refractivity contribution in [2.45, 2.75) is 38.1 Å². The zero-order valence-corrected chi connectivity index (χ0v) is 15.6. The molecule has 1 spiro atoms. The summed E-state index contributed by atoms with van der Waals surface area (Å²) in [6.07, 6.45) is 5.27. The van der Waals surface area contributed by atoms with E-state index in [1.165, 1.54) is 31.2 Å². The first-order valence-corrected chi connectivity index (χ1v) is 9.86. The fourth-order valence-electron chi connectivity index (χ4n) is 5.08. The first-order chi connectivity index (χ1) is 13.2. The van der Waals surface area contributed by atoms with Gasteiger partial charge in [-0.05, 0) is 29.9 Å². The van der Waals surface area contributed by atoms with E-state index in [1.807, 2.05) is 24.3 Å². The third kappa shape index (κ3) is 3.86. The SMILES string of the molecule is O=C(O)COc1ccccc1CN1C[C@@H](c2ccccc2)C2(CCCC2)C1. The van der Waals surface area contributed by atoms with Crippen LogP contribution in [-0.2, 0) is 11.3 Å². The maximum atomic E-state index is 10.9. The van der Waals surface area contributed by atoms with Gasteiger partial charge in [-0.25, -0.2) is 4.79 Å². The van der Waals surface area contributed by atoms with Crippen molar-refractivity contribution in [3.05, 3.63) is 65.7 Å². The highest BCUT2D eigenvalue weighted by molar-refractivity contribution is 5.68. The summed E-state index contributed by atoms with van der Waals surface area (Å²) in [5.41, 5.74) is 2.91. The van der Waals surface area contributed by atoms with E-state index in [2.05, 4.69) is 35.2 Å². The average molecular weight is 365 g/mol. The van der Waals surface area contributed by atoms with Crippen LogP contribution in [0, 0.1) is 5.41 Å². The molecule has 0 aromatic heterocycles. The molecule has 2 aromatic rings. The topological polar surface area (TPSA) is 49.8 Å². The average Bonchev–Trinajstić information content (AvgIpc) is 3.29. The van der Waals surface area contributed by atoms with Gasteiger partial charge in [0.15, 0.2) is 6.61 Å². The number of hydrogen-bond acceptors (Lipinski definition) is 3. The summed E-state index contributed by atoms with van der Waals surface area (Å²) in [7, 11) is 0. The van der Waals surface area contributed by atoms with Crippen molar-refractivity contribution in [1.82, 2.24) is 4.90 Å². The third-order valence-corrected chi connectivity index (χ3v) is 6.24. The van der Waals surface area contributed by atoms with Gasteiger partial charge in [0.25, 0.3) is 0 Å². The molecular formula is C23H27NO3. The second-order valence-corrected chi connectivity index (χ2v) is 7.99. The number of hydrogen-bond donors (Lipinski definition) is 1. The number of para-hydroxylation sites is 1. The van der Waals surface area contributed by atoms with Crippen LogP contribution in [0.4, 0.5) is 0 Å². The monoisotopic (exact) mass is 365 g/mol. The smallest absolute Gasteiger partial charge is 0.341 e. The molecule has 27 heavy (non-hydrogen) atoms. The molecular weight excluding hydrogens is 338 g/mol. The van der Waals surface area contributed by atoms with E-state index in [1.54, 1.807) is 0 Å². The quantitative estimate of drug-likeness (QED) is 0.829. The summed E-state index contributed by atoms with van der Waals surface area (Å²) in [6, 6.07) is 18.8. The number of rotatable bonds is 6. The molecule has 142 valence electrons. The minimum Gasteiger partial charge on any atom is -0.482 e. The Labute approximate surface area is 160 Å². The van der Waals surface area contributed by atoms with Crippen molar-refractivity contribution < 1.29 is 14.6 Å². The van der Waals surface area contributed by atoms with Crippen LogP contribution < -0.4 is 4.74 Å². The Morgan fingerprint density at radius 3 is 2.52 bits per heavy atom. The fraction of sp³-hybridized carbons (Fsp3) is 0.435. The van der Waals surface area contributed by atoms with Gasteiger partial charge >= 0.3 is 5.97 Å². The maximum absolute atomic E-state index is 10.9. The Balaban J connectivity index is 1.53. The minimum absolute atomic E-state index is 0.298. The molecule has 2 aliphatic rings. The summed E-state index contributed by atoms with van der Waals surface area (Å²) < 4.78 is 5.51. The van der Waals surface area contributed by atoms with Crippen molar-refractivity contribution in [3.8, 4) is 5.75 Å². The molecule has 1 N–H and O–H groups in total. The van der Waals surface area contributed by atoms with Crippen LogP contribution in [0.1, 0.15) is 42.7 Å². The molecule has 1 saturated heterocycles. The van der Waals surface area contributed by atoms with Crippen molar-refractivity contribution in [1.29, 1.82) is 0 Å². The Hall–Kier alpha value is -2.33. The molecule has 4 heteroatoms. The number of ether oxygens (including phenoxy) is 1. The summed E-state index contributed by atoms with van der Waals surface area (Å²) in [5.74, 6) is 0.317. The first kappa shape index (κ1) is 18.1. The van der Waals surface area contributed by atoms with Crippen LogP contribution >= 0.6 is 0 Å². The van der Waals surface area contributed by atoms with Crippen molar-refractivity contribution in [2.24, 2.45) is 5.41 Å². The maximum Gasteiger partial charge on any atom is 0.341 e. The van der Waals surface area contributed by atoms with E-state index < -0.39 is 5.97 Å². The second-order valence-electron chi connectivity index (χ2n) is 7.99. The summed E-state index contributed by atoms with van der Waals surface area (Å²) in [5, 5.41) is 8.91. The van der Waals surface area contributed by atoms with Crippen LogP contribution in [0.2, 0.25) is 0 Å². The Morgan fingerprint density at radius 1 is 1.07 bits per heavy atom. The molecule has 0 bridgehead atoms. The van der Waals surface area contributed by atoms with Gasteiger partial charge in [0.2, 0.25) is 0 Å². The molecule has 1 atom stereocenters. The van der Waals surface area contributed by atoms with Crippen molar-refractivity contribution in [2.75, 3.05) is 19.7 Å². The number of carboxylic acids is 1. The molecule has 0 amide bonds. The lowest BCUT2D eigenvalue weighted by atomic mass is 9.73. The van der Waals surface area contributed by atoms with E-state index in [0.29, 0.717) is 17.1 Å². The van der Waals surface area contributed by atoms with E-state index in [4.69, 9.17) is 9.84 Å². The summed E-state index contributed by atoms with van der Waals surface area (Å²) in [4.78, 5) is 13.4. The number of nitrogens with zero attached hydrogens (tertiary/aromatic N) is 1. The van der Waals surface area contributed by atoms with Crippen LogP contribution in [0.3, 0.4) is 0 Å². The Kier molecular flexibility index (Phi) is 5.17. The normalized spacial score (nSPS) is 21.6. The standard InChI is InChI=1S/C23H27NO3/c25-22(26)16-27-21-11-5-4-10-19(21)14-24-15-20(18-8-2-1-3-9-18)23(17-24)12-6-7-13-23/h1-5,8-11,20H,6-7,12-17H2,(H,25,26)/t20-/m0/s1. The number of aliphatic carboxylic acids is 1. The third-order valence-electron chi connectivity index (χ3n) is 6.24. The number of benzene rings is 2. The summed E-state index contributed by atoms with van der Waals surface area (Å²) >= 11 is 0. The molecule has 4 nitrogen and oxygen atoms in total. The van der Waals surface area contributed by atoms with Gasteiger partial charge in [-0.15, -0.1) is 0 Å². The summed E-state index contributed by atoms with van der Waals surface area (Å²) in [6.45, 7) is 2.67. The van der Waals surface area contributed by atoms with Crippen molar-refractivity contribution in [3.63, 3.8) is 0 Å². The molecule has 2 fully saturated rings. The van der Waals surface area contributed by atoms with E-state index in [-0.39, 0.29) is 6.61 Å². The predicted octanol–water partition coefficient (Wildman–Crippen LogP) is 4.31. The van der Waals surface area contributed by atoms with Crippen LogP contribution in [0.25, 0.3) is 0 Å². The molecule has 1 aliphatic carbocycles. The first-order valence-electron chi connectivity index (χ1n) is 9.86. The van der Waals surface area contributed by atoms with Crippen LogP contribution in [0.15, 0.2) is 54.6 Å². The lowest BCUT2D eigenvalue weighted by molar-refractivity contribution is -0.139. The lowest BCUT2D eigenvalue weighted by Crippen LogP contribution is -2.26. The van der Waals surface area contributed by atoms with E-state index in [0.717, 1.165) is 25.2 Å². The minimum atomic E-state index is -0.944. The van der Waals surface area contributed by atoms with Crippen LogP contribution in [-0.4, -0.2) is 35.7 Å². The van der Waals surface area contributed by atoms with Gasteiger partial charge in [-0.1, -0.05) is 61.4 Å². The zero-order valence-electron chi connectivity index (χ0n) is 15.6. The molecule has 2 aromatic carbocycles.